The zero-order chi connectivity index (χ0) is 20.4. The number of carbonyl (C=O) groups excluding carboxylic acids is 1. The van der Waals surface area contributed by atoms with Crippen LogP contribution in [0.2, 0.25) is 0 Å². The number of hydrogen-bond acceptors (Lipinski definition) is 5. The Balaban J connectivity index is 1.58. The van der Waals surface area contributed by atoms with Crippen molar-refractivity contribution in [3.8, 4) is 0 Å². The smallest absolute Gasteiger partial charge is 0.407 e. The molecule has 0 fully saturated rings. The zero-order valence-corrected chi connectivity index (χ0v) is 17.2. The van der Waals surface area contributed by atoms with E-state index in [0.717, 1.165) is 43.2 Å². The van der Waals surface area contributed by atoms with Crippen molar-refractivity contribution in [1.29, 1.82) is 0 Å². The van der Waals surface area contributed by atoms with E-state index in [1.807, 2.05) is 49.6 Å². The molecule has 0 saturated heterocycles. The maximum atomic E-state index is 11.6. The molecule has 2 aromatic heterocycles. The number of guanidine groups is 1. The van der Waals surface area contributed by atoms with Crippen molar-refractivity contribution in [2.75, 3.05) is 26.7 Å². The van der Waals surface area contributed by atoms with Gasteiger partial charge in [-0.25, -0.2) is 4.79 Å². The van der Waals surface area contributed by atoms with Crippen molar-refractivity contribution in [2.45, 2.75) is 45.6 Å². The summed E-state index contributed by atoms with van der Waals surface area (Å²) in [6, 6.07) is 5.87. The fourth-order valence-corrected chi connectivity index (χ4v) is 2.54. The molecule has 9 nitrogen and oxygen atoms in total. The van der Waals surface area contributed by atoms with E-state index in [-0.39, 0.29) is 0 Å². The Morgan fingerprint density at radius 3 is 2.54 bits per heavy atom. The van der Waals surface area contributed by atoms with E-state index in [4.69, 9.17) is 4.74 Å². The zero-order valence-electron chi connectivity index (χ0n) is 17.2. The lowest BCUT2D eigenvalue weighted by Crippen LogP contribution is -2.39. The maximum absolute atomic E-state index is 11.6. The molecule has 0 aromatic carbocycles. The van der Waals surface area contributed by atoms with Crippen molar-refractivity contribution in [3.05, 3.63) is 30.2 Å². The first-order chi connectivity index (χ1) is 13.4. The van der Waals surface area contributed by atoms with E-state index in [1.54, 1.807) is 7.05 Å². The summed E-state index contributed by atoms with van der Waals surface area (Å²) < 4.78 is 7.20. The SMILES string of the molecule is CN=C(NCCCNC(=O)OC(C)(C)C)NCCCc1nnc2ccccn12. The van der Waals surface area contributed by atoms with Gasteiger partial charge in [-0.2, -0.15) is 0 Å². The third-order valence-electron chi connectivity index (χ3n) is 3.79. The minimum atomic E-state index is -0.479. The lowest BCUT2D eigenvalue weighted by atomic mass is 10.2. The Kier molecular flexibility index (Phi) is 8.03. The number of nitrogens with zero attached hydrogens (tertiary/aromatic N) is 4. The van der Waals surface area contributed by atoms with Crippen LogP contribution >= 0.6 is 0 Å². The molecule has 0 aliphatic rings. The van der Waals surface area contributed by atoms with Crippen LogP contribution in [0.15, 0.2) is 29.4 Å². The first-order valence-electron chi connectivity index (χ1n) is 9.59. The molecular formula is C19H31N7O2. The van der Waals surface area contributed by atoms with Crippen LogP contribution in [0, 0.1) is 0 Å². The summed E-state index contributed by atoms with van der Waals surface area (Å²) >= 11 is 0. The molecule has 0 saturated carbocycles. The molecule has 2 rings (SSSR count). The maximum Gasteiger partial charge on any atom is 0.407 e. The minimum absolute atomic E-state index is 0.393. The number of nitrogens with one attached hydrogen (secondary N) is 3. The number of aryl methyl sites for hydroxylation is 1. The second-order valence-electron chi connectivity index (χ2n) is 7.36. The Hall–Kier alpha value is -2.84. The largest absolute Gasteiger partial charge is 0.444 e. The summed E-state index contributed by atoms with van der Waals surface area (Å²) in [5, 5.41) is 17.6. The highest BCUT2D eigenvalue weighted by molar-refractivity contribution is 5.79. The van der Waals surface area contributed by atoms with Crippen molar-refractivity contribution >= 4 is 17.7 Å². The van der Waals surface area contributed by atoms with Gasteiger partial charge in [0.15, 0.2) is 11.6 Å². The lowest BCUT2D eigenvalue weighted by Gasteiger charge is -2.19. The summed E-state index contributed by atoms with van der Waals surface area (Å²) in [7, 11) is 1.74. The van der Waals surface area contributed by atoms with E-state index < -0.39 is 11.7 Å². The Morgan fingerprint density at radius 2 is 1.82 bits per heavy atom. The predicted octanol–water partition coefficient (Wildman–Crippen LogP) is 1.74. The number of aromatic nitrogens is 3. The van der Waals surface area contributed by atoms with Gasteiger partial charge in [-0.3, -0.25) is 9.39 Å². The van der Waals surface area contributed by atoms with Crippen LogP contribution in [0.25, 0.3) is 5.65 Å². The van der Waals surface area contributed by atoms with E-state index in [0.29, 0.717) is 13.1 Å². The van der Waals surface area contributed by atoms with Gasteiger partial charge in [-0.15, -0.1) is 10.2 Å². The molecule has 2 heterocycles. The average Bonchev–Trinajstić information content (AvgIpc) is 3.05. The molecular weight excluding hydrogens is 358 g/mol. The highest BCUT2D eigenvalue weighted by Crippen LogP contribution is 2.06. The standard InChI is InChI=1S/C19H31N7O2/c1-19(2,3)28-18(27)23-13-8-12-22-17(20-4)21-11-7-10-16-25-24-15-9-5-6-14-26(15)16/h5-6,9,14H,7-8,10-13H2,1-4H3,(H,23,27)(H2,20,21,22). The minimum Gasteiger partial charge on any atom is -0.444 e. The number of rotatable bonds is 8. The molecule has 1 amide bonds. The van der Waals surface area contributed by atoms with Gasteiger partial charge in [0.1, 0.15) is 11.4 Å². The lowest BCUT2D eigenvalue weighted by molar-refractivity contribution is 0.0527. The van der Waals surface area contributed by atoms with Crippen LogP contribution in [0.5, 0.6) is 0 Å². The first-order valence-corrected chi connectivity index (χ1v) is 9.59. The Bertz CT molecular complexity index is 780. The van der Waals surface area contributed by atoms with E-state index in [9.17, 15) is 4.79 Å². The summed E-state index contributed by atoms with van der Waals surface area (Å²) in [5.74, 6) is 1.69. The number of aliphatic imine (C=N–C) groups is 1. The molecule has 0 atom stereocenters. The molecule has 0 aliphatic heterocycles. The number of hydrogen-bond donors (Lipinski definition) is 3. The highest BCUT2D eigenvalue weighted by Gasteiger charge is 2.15. The molecule has 154 valence electrons. The topological polar surface area (TPSA) is 105 Å². The van der Waals surface area contributed by atoms with Gasteiger partial charge in [0.05, 0.1) is 0 Å². The van der Waals surface area contributed by atoms with Gasteiger partial charge in [0.2, 0.25) is 0 Å². The fraction of sp³-hybridized carbons (Fsp3) is 0.579. The van der Waals surface area contributed by atoms with E-state index >= 15 is 0 Å². The predicted molar refractivity (Wildman–Crippen MR) is 110 cm³/mol. The highest BCUT2D eigenvalue weighted by atomic mass is 16.6. The first kappa shape index (κ1) is 21.5. The van der Waals surface area contributed by atoms with Gasteiger partial charge in [-0.05, 0) is 45.7 Å². The van der Waals surface area contributed by atoms with Crippen LogP contribution in [0.4, 0.5) is 4.79 Å². The summed E-state index contributed by atoms with van der Waals surface area (Å²) in [6.07, 6.45) is 4.09. The van der Waals surface area contributed by atoms with Gasteiger partial charge >= 0.3 is 6.09 Å². The molecule has 0 spiro atoms. The number of alkyl carbamates (subject to hydrolysis) is 1. The third kappa shape index (κ3) is 7.42. The number of carbonyl (C=O) groups is 1. The second kappa shape index (κ2) is 10.5. The number of ether oxygens (including phenoxy) is 1. The van der Waals surface area contributed by atoms with E-state index in [2.05, 4.69) is 31.1 Å². The van der Waals surface area contributed by atoms with Gasteiger partial charge in [0, 0.05) is 39.3 Å². The normalized spacial score (nSPS) is 12.1. The quantitative estimate of drug-likeness (QED) is 0.361. The molecule has 3 N–H and O–H groups in total. The number of fused-ring (bicyclic) bond motifs is 1. The fourth-order valence-electron chi connectivity index (χ4n) is 2.54. The summed E-state index contributed by atoms with van der Waals surface area (Å²) in [5.41, 5.74) is 0.385. The molecule has 9 heteroatoms. The van der Waals surface area contributed by atoms with E-state index in [1.165, 1.54) is 0 Å². The molecule has 28 heavy (non-hydrogen) atoms. The number of pyridine rings is 1. The summed E-state index contributed by atoms with van der Waals surface area (Å²) in [6.45, 7) is 7.54. The molecule has 2 aromatic rings. The van der Waals surface area contributed by atoms with Crippen LogP contribution in [-0.4, -0.2) is 58.9 Å². The third-order valence-corrected chi connectivity index (χ3v) is 3.79. The number of amides is 1. The van der Waals surface area contributed by atoms with Crippen LogP contribution in [0.1, 0.15) is 39.4 Å². The van der Waals surface area contributed by atoms with Gasteiger partial charge in [0.25, 0.3) is 0 Å². The Labute approximate surface area is 166 Å². The molecule has 0 aliphatic carbocycles. The van der Waals surface area contributed by atoms with Crippen molar-refractivity contribution < 1.29 is 9.53 Å². The van der Waals surface area contributed by atoms with Gasteiger partial charge in [-0.1, -0.05) is 6.07 Å². The molecule has 0 radical (unpaired) electrons. The van der Waals surface area contributed by atoms with Gasteiger partial charge < -0.3 is 20.7 Å². The average molecular weight is 390 g/mol. The van der Waals surface area contributed by atoms with Crippen LogP contribution in [-0.2, 0) is 11.2 Å². The van der Waals surface area contributed by atoms with Crippen LogP contribution in [0.3, 0.4) is 0 Å². The molecule has 0 bridgehead atoms. The van der Waals surface area contributed by atoms with Crippen molar-refractivity contribution in [1.82, 2.24) is 30.5 Å². The monoisotopic (exact) mass is 389 g/mol. The van der Waals surface area contributed by atoms with Crippen LogP contribution < -0.4 is 16.0 Å². The second-order valence-corrected chi connectivity index (χ2v) is 7.36. The van der Waals surface area contributed by atoms with Crippen molar-refractivity contribution in [2.24, 2.45) is 4.99 Å². The molecule has 0 unspecified atom stereocenters. The summed E-state index contributed by atoms with van der Waals surface area (Å²) in [4.78, 5) is 15.8. The van der Waals surface area contributed by atoms with Crippen molar-refractivity contribution in [3.63, 3.8) is 0 Å². The Morgan fingerprint density at radius 1 is 1.11 bits per heavy atom.